The van der Waals surface area contributed by atoms with Crippen molar-refractivity contribution in [2.24, 2.45) is 0 Å². The van der Waals surface area contributed by atoms with Crippen molar-refractivity contribution in [2.45, 2.75) is 51.6 Å². The number of hydrogen-bond acceptors (Lipinski definition) is 3. The second kappa shape index (κ2) is 6.10. The van der Waals surface area contributed by atoms with Crippen LogP contribution in [-0.4, -0.2) is 16.6 Å². The summed E-state index contributed by atoms with van der Waals surface area (Å²) in [5.41, 5.74) is 1.59. The number of aryl methyl sites for hydroxylation is 3. The van der Waals surface area contributed by atoms with Crippen molar-refractivity contribution in [3.8, 4) is 0 Å². The average molecular weight is 289 g/mol. The van der Waals surface area contributed by atoms with Gasteiger partial charge in [-0.2, -0.15) is 0 Å². The molecule has 1 N–H and O–H groups in total. The van der Waals surface area contributed by atoms with Crippen LogP contribution >= 0.6 is 11.3 Å². The van der Waals surface area contributed by atoms with E-state index in [9.17, 15) is 0 Å². The molecule has 1 unspecified atom stereocenters. The van der Waals surface area contributed by atoms with E-state index in [0.717, 1.165) is 19.4 Å². The van der Waals surface area contributed by atoms with E-state index in [0.29, 0.717) is 6.04 Å². The normalized spacial score (nSPS) is 15.5. The smallest absolute Gasteiger partial charge is 0.110 e. The third-order valence-corrected chi connectivity index (χ3v) is 5.46. The lowest BCUT2D eigenvalue weighted by Crippen LogP contribution is -2.20. The molecule has 1 aliphatic carbocycles. The van der Waals surface area contributed by atoms with Gasteiger partial charge in [0, 0.05) is 41.2 Å². The van der Waals surface area contributed by atoms with Gasteiger partial charge in [0.1, 0.15) is 5.82 Å². The molecular weight excluding hydrogens is 266 g/mol. The molecule has 108 valence electrons. The Morgan fingerprint density at radius 1 is 1.45 bits per heavy atom. The van der Waals surface area contributed by atoms with Gasteiger partial charge in [0.05, 0.1) is 0 Å². The van der Waals surface area contributed by atoms with Gasteiger partial charge in [-0.3, -0.25) is 0 Å². The summed E-state index contributed by atoms with van der Waals surface area (Å²) in [6.45, 7) is 3.27. The van der Waals surface area contributed by atoms with Gasteiger partial charge >= 0.3 is 0 Å². The summed E-state index contributed by atoms with van der Waals surface area (Å²) in [6.07, 6.45) is 10.0. The lowest BCUT2D eigenvalue weighted by Gasteiger charge is -2.15. The Kier molecular flexibility index (Phi) is 4.22. The van der Waals surface area contributed by atoms with Gasteiger partial charge in [-0.1, -0.05) is 6.92 Å². The third kappa shape index (κ3) is 2.67. The van der Waals surface area contributed by atoms with Crippen molar-refractivity contribution in [3.63, 3.8) is 0 Å². The molecule has 20 heavy (non-hydrogen) atoms. The molecule has 1 aliphatic rings. The molecule has 0 aliphatic heterocycles. The van der Waals surface area contributed by atoms with Gasteiger partial charge < -0.3 is 9.88 Å². The fourth-order valence-electron chi connectivity index (χ4n) is 3.03. The van der Waals surface area contributed by atoms with E-state index < -0.39 is 0 Å². The summed E-state index contributed by atoms with van der Waals surface area (Å²) >= 11 is 2.00. The first-order chi connectivity index (χ1) is 9.81. The summed E-state index contributed by atoms with van der Waals surface area (Å²) in [7, 11) is 2.06. The minimum Gasteiger partial charge on any atom is -0.335 e. The fraction of sp³-hybridized carbons (Fsp3) is 0.562. The van der Waals surface area contributed by atoms with Crippen molar-refractivity contribution in [1.82, 2.24) is 14.9 Å². The molecule has 0 bridgehead atoms. The van der Waals surface area contributed by atoms with Crippen LogP contribution in [0.4, 0.5) is 0 Å². The largest absolute Gasteiger partial charge is 0.335 e. The Balaban J connectivity index is 1.77. The Hall–Kier alpha value is -1.13. The molecule has 0 fully saturated rings. The molecule has 0 saturated carbocycles. The van der Waals surface area contributed by atoms with Gasteiger partial charge in [0.25, 0.3) is 0 Å². The number of fused-ring (bicyclic) bond motifs is 1. The van der Waals surface area contributed by atoms with Gasteiger partial charge in [0.15, 0.2) is 0 Å². The molecule has 2 aromatic rings. The van der Waals surface area contributed by atoms with Crippen LogP contribution in [0, 0.1) is 0 Å². The zero-order valence-corrected chi connectivity index (χ0v) is 13.2. The second-order valence-corrected chi connectivity index (χ2v) is 6.70. The monoisotopic (exact) mass is 289 g/mol. The van der Waals surface area contributed by atoms with Crippen LogP contribution in [0.25, 0.3) is 0 Å². The third-order valence-electron chi connectivity index (χ3n) is 4.11. The average Bonchev–Trinajstić information content (AvgIpc) is 3.11. The van der Waals surface area contributed by atoms with Crippen LogP contribution in [-0.2, 0) is 25.8 Å². The molecule has 0 aromatic carbocycles. The van der Waals surface area contributed by atoms with E-state index in [1.807, 2.05) is 17.5 Å². The highest BCUT2D eigenvalue weighted by Crippen LogP contribution is 2.34. The van der Waals surface area contributed by atoms with Crippen LogP contribution < -0.4 is 5.32 Å². The zero-order valence-electron chi connectivity index (χ0n) is 12.4. The number of thiophene rings is 1. The van der Waals surface area contributed by atoms with Gasteiger partial charge in [-0.25, -0.2) is 4.98 Å². The number of hydrogen-bond donors (Lipinski definition) is 1. The Morgan fingerprint density at radius 2 is 2.35 bits per heavy atom. The van der Waals surface area contributed by atoms with Crippen LogP contribution in [0.2, 0.25) is 0 Å². The first-order valence-corrected chi connectivity index (χ1v) is 8.42. The molecule has 4 heteroatoms. The first kappa shape index (κ1) is 13.8. The van der Waals surface area contributed by atoms with Crippen molar-refractivity contribution in [1.29, 1.82) is 0 Å². The van der Waals surface area contributed by atoms with Crippen LogP contribution in [0.5, 0.6) is 0 Å². The second-order valence-electron chi connectivity index (χ2n) is 5.53. The minimum absolute atomic E-state index is 0.392. The summed E-state index contributed by atoms with van der Waals surface area (Å²) in [4.78, 5) is 7.62. The molecule has 3 nitrogen and oxygen atoms in total. The molecule has 0 amide bonds. The zero-order chi connectivity index (χ0) is 13.9. The summed E-state index contributed by atoms with van der Waals surface area (Å²) in [5, 5.41) is 3.47. The lowest BCUT2D eigenvalue weighted by molar-refractivity contribution is 0.549. The maximum absolute atomic E-state index is 4.54. The van der Waals surface area contributed by atoms with Crippen molar-refractivity contribution >= 4 is 11.3 Å². The van der Waals surface area contributed by atoms with Gasteiger partial charge in [-0.15, -0.1) is 11.3 Å². The first-order valence-electron chi connectivity index (χ1n) is 7.60. The Labute approximate surface area is 125 Å². The van der Waals surface area contributed by atoms with E-state index >= 15 is 0 Å². The molecule has 0 saturated heterocycles. The SMILES string of the molecule is CCCn1ccnc1CC(NC)c1cc2c(s1)CCC2. The lowest BCUT2D eigenvalue weighted by atomic mass is 10.1. The molecule has 3 rings (SSSR count). The summed E-state index contributed by atoms with van der Waals surface area (Å²) in [5.74, 6) is 1.19. The maximum atomic E-state index is 4.54. The van der Waals surface area contributed by atoms with Gasteiger partial charge in [-0.05, 0) is 44.4 Å². The molecule has 2 aromatic heterocycles. The number of nitrogens with one attached hydrogen (secondary N) is 1. The number of likely N-dealkylation sites (N-methyl/N-ethyl adjacent to an activating group) is 1. The van der Waals surface area contributed by atoms with Gasteiger partial charge in [0.2, 0.25) is 0 Å². The van der Waals surface area contributed by atoms with Crippen molar-refractivity contribution in [2.75, 3.05) is 7.05 Å². The minimum atomic E-state index is 0.392. The van der Waals surface area contributed by atoms with E-state index in [1.54, 1.807) is 10.4 Å². The Bertz CT molecular complexity index is 549. The molecule has 1 atom stereocenters. The van der Waals surface area contributed by atoms with E-state index in [2.05, 4.69) is 41.1 Å². The molecule has 2 heterocycles. The predicted molar refractivity (Wildman–Crippen MR) is 84.4 cm³/mol. The molecule has 0 radical (unpaired) electrons. The standard InChI is InChI=1S/C16H23N3S/c1-3-8-19-9-7-18-16(19)11-13(17-2)15-10-12-5-4-6-14(12)20-15/h7,9-10,13,17H,3-6,8,11H2,1-2H3. The Morgan fingerprint density at radius 3 is 3.10 bits per heavy atom. The van der Waals surface area contributed by atoms with Crippen LogP contribution in [0.15, 0.2) is 18.5 Å². The predicted octanol–water partition coefficient (Wildman–Crippen LogP) is 3.35. The quantitative estimate of drug-likeness (QED) is 0.884. The number of aromatic nitrogens is 2. The highest BCUT2D eigenvalue weighted by molar-refractivity contribution is 7.12. The maximum Gasteiger partial charge on any atom is 0.110 e. The summed E-state index contributed by atoms with van der Waals surface area (Å²) < 4.78 is 2.28. The van der Waals surface area contributed by atoms with Crippen LogP contribution in [0.1, 0.15) is 46.9 Å². The highest BCUT2D eigenvalue weighted by atomic mass is 32.1. The van der Waals surface area contributed by atoms with Crippen molar-refractivity contribution < 1.29 is 0 Å². The van der Waals surface area contributed by atoms with Crippen molar-refractivity contribution in [3.05, 3.63) is 39.6 Å². The van der Waals surface area contributed by atoms with E-state index in [1.165, 1.54) is 30.0 Å². The fourth-order valence-corrected chi connectivity index (χ4v) is 4.39. The number of rotatable bonds is 6. The van der Waals surface area contributed by atoms with E-state index in [4.69, 9.17) is 0 Å². The topological polar surface area (TPSA) is 29.9 Å². The number of imidazole rings is 1. The highest BCUT2D eigenvalue weighted by Gasteiger charge is 2.20. The molecule has 0 spiro atoms. The van der Waals surface area contributed by atoms with E-state index in [-0.39, 0.29) is 0 Å². The summed E-state index contributed by atoms with van der Waals surface area (Å²) in [6, 6.07) is 2.81. The number of nitrogens with zero attached hydrogens (tertiary/aromatic N) is 2. The van der Waals surface area contributed by atoms with Crippen LogP contribution in [0.3, 0.4) is 0 Å². The molecular formula is C16H23N3S.